The Labute approximate surface area is 227 Å². The number of carboxylic acids is 1. The maximum absolute atomic E-state index is 13.1. The molecular formula is C30H48O8. The molecule has 2 saturated heterocycles. The minimum Gasteiger partial charge on any atom is -0.481 e. The van der Waals surface area contributed by atoms with Crippen LogP contribution in [0.4, 0.5) is 0 Å². The molecule has 1 saturated carbocycles. The minimum atomic E-state index is -0.854. The lowest BCUT2D eigenvalue weighted by Gasteiger charge is -2.29. The summed E-state index contributed by atoms with van der Waals surface area (Å²) in [4.78, 5) is 36.7. The van der Waals surface area contributed by atoms with Crippen molar-refractivity contribution < 1.29 is 38.4 Å². The predicted molar refractivity (Wildman–Crippen MR) is 143 cm³/mol. The van der Waals surface area contributed by atoms with Crippen LogP contribution in [0.15, 0.2) is 12.2 Å². The van der Waals surface area contributed by atoms with Gasteiger partial charge in [0.25, 0.3) is 0 Å². The van der Waals surface area contributed by atoms with E-state index >= 15 is 0 Å². The van der Waals surface area contributed by atoms with E-state index in [1.165, 1.54) is 0 Å². The molecule has 0 radical (unpaired) electrons. The monoisotopic (exact) mass is 536 g/mol. The van der Waals surface area contributed by atoms with Crippen LogP contribution in [0, 0.1) is 11.8 Å². The van der Waals surface area contributed by atoms with E-state index in [0.717, 1.165) is 70.8 Å². The number of Topliss-reactive ketones (excluding diaryl/α,β-unsaturated/α-hetero) is 2. The van der Waals surface area contributed by atoms with Crippen LogP contribution < -0.4 is 0 Å². The van der Waals surface area contributed by atoms with Crippen molar-refractivity contribution in [1.82, 2.24) is 0 Å². The molecule has 1 N–H and O–H groups in total. The molecule has 0 amide bonds. The number of aliphatic carboxylic acids is 1. The molecule has 216 valence electrons. The van der Waals surface area contributed by atoms with Gasteiger partial charge in [-0.15, -0.1) is 0 Å². The van der Waals surface area contributed by atoms with Gasteiger partial charge in [0.2, 0.25) is 0 Å². The van der Waals surface area contributed by atoms with E-state index in [2.05, 4.69) is 19.1 Å². The van der Waals surface area contributed by atoms with Crippen molar-refractivity contribution in [2.75, 3.05) is 13.2 Å². The van der Waals surface area contributed by atoms with Gasteiger partial charge in [0, 0.05) is 50.7 Å². The second-order valence-corrected chi connectivity index (χ2v) is 11.0. The first-order valence-corrected chi connectivity index (χ1v) is 14.9. The topological polar surface area (TPSA) is 108 Å². The average Bonchev–Trinajstić information content (AvgIpc) is 3.19. The molecule has 0 aromatic rings. The third kappa shape index (κ3) is 10.9. The van der Waals surface area contributed by atoms with E-state index in [0.29, 0.717) is 25.9 Å². The SMILES string of the molecule is CCCCC[C@H](C=C[C@H]1[C@H](OC2CCCCO2)CC(=O)[C@@H]1CC(=O)CCCCC(=O)O)OC1CCCCO1. The van der Waals surface area contributed by atoms with Gasteiger partial charge in [-0.2, -0.15) is 0 Å². The van der Waals surface area contributed by atoms with Gasteiger partial charge in [0.15, 0.2) is 12.6 Å². The van der Waals surface area contributed by atoms with E-state index in [-0.39, 0.29) is 61.5 Å². The highest BCUT2D eigenvalue weighted by Crippen LogP contribution is 2.37. The third-order valence-electron chi connectivity index (χ3n) is 7.82. The van der Waals surface area contributed by atoms with Gasteiger partial charge >= 0.3 is 5.97 Å². The molecular weight excluding hydrogens is 488 g/mol. The molecule has 8 nitrogen and oxygen atoms in total. The second-order valence-electron chi connectivity index (χ2n) is 11.0. The fourth-order valence-corrected chi connectivity index (χ4v) is 5.64. The number of hydrogen-bond donors (Lipinski definition) is 1. The highest BCUT2D eigenvalue weighted by Gasteiger charge is 2.43. The van der Waals surface area contributed by atoms with Gasteiger partial charge in [0.05, 0.1) is 12.2 Å². The summed E-state index contributed by atoms with van der Waals surface area (Å²) >= 11 is 0. The third-order valence-corrected chi connectivity index (χ3v) is 7.82. The summed E-state index contributed by atoms with van der Waals surface area (Å²) in [7, 11) is 0. The van der Waals surface area contributed by atoms with Crippen molar-refractivity contribution in [1.29, 1.82) is 0 Å². The van der Waals surface area contributed by atoms with Crippen LogP contribution in [-0.4, -0.2) is 60.6 Å². The molecule has 3 rings (SSSR count). The Kier molecular flexibility index (Phi) is 14.0. The molecule has 2 unspecified atom stereocenters. The van der Waals surface area contributed by atoms with Crippen LogP contribution in [0.25, 0.3) is 0 Å². The van der Waals surface area contributed by atoms with Crippen molar-refractivity contribution in [2.45, 2.75) is 134 Å². The fourth-order valence-electron chi connectivity index (χ4n) is 5.64. The highest BCUT2D eigenvalue weighted by molar-refractivity contribution is 5.90. The van der Waals surface area contributed by atoms with Crippen molar-refractivity contribution in [3.8, 4) is 0 Å². The van der Waals surface area contributed by atoms with E-state index in [4.69, 9.17) is 24.1 Å². The first-order valence-electron chi connectivity index (χ1n) is 14.9. The molecule has 0 bridgehead atoms. The maximum Gasteiger partial charge on any atom is 0.303 e. The zero-order valence-electron chi connectivity index (χ0n) is 23.2. The first kappa shape index (κ1) is 30.9. The number of carboxylic acid groups (broad SMARTS) is 1. The van der Waals surface area contributed by atoms with Crippen LogP contribution in [0.3, 0.4) is 0 Å². The van der Waals surface area contributed by atoms with Gasteiger partial charge in [-0.25, -0.2) is 0 Å². The maximum atomic E-state index is 13.1. The number of carbonyl (C=O) groups is 3. The molecule has 8 heteroatoms. The Hall–Kier alpha value is -1.61. The number of hydrogen-bond acceptors (Lipinski definition) is 7. The molecule has 0 aromatic carbocycles. The van der Waals surface area contributed by atoms with Crippen molar-refractivity contribution in [3.05, 3.63) is 12.2 Å². The van der Waals surface area contributed by atoms with E-state index in [9.17, 15) is 14.4 Å². The quantitative estimate of drug-likeness (QED) is 0.185. The lowest BCUT2D eigenvalue weighted by molar-refractivity contribution is -0.192. The summed E-state index contributed by atoms with van der Waals surface area (Å²) in [5, 5.41) is 8.84. The Morgan fingerprint density at radius 2 is 1.71 bits per heavy atom. The Bertz CT molecular complexity index is 753. The summed E-state index contributed by atoms with van der Waals surface area (Å²) in [6.07, 6.45) is 15.1. The van der Waals surface area contributed by atoms with E-state index in [1.54, 1.807) is 0 Å². The second kappa shape index (κ2) is 17.2. The van der Waals surface area contributed by atoms with E-state index < -0.39 is 11.9 Å². The predicted octanol–water partition coefficient (Wildman–Crippen LogP) is 5.76. The van der Waals surface area contributed by atoms with Crippen molar-refractivity contribution >= 4 is 17.5 Å². The molecule has 0 spiro atoms. The van der Waals surface area contributed by atoms with E-state index in [1.807, 2.05) is 0 Å². The Morgan fingerprint density at radius 3 is 2.37 bits per heavy atom. The summed E-state index contributed by atoms with van der Waals surface area (Å²) in [5.74, 6) is -1.45. The fraction of sp³-hybridized carbons (Fsp3) is 0.833. The van der Waals surface area contributed by atoms with Crippen LogP contribution >= 0.6 is 0 Å². The van der Waals surface area contributed by atoms with Crippen LogP contribution in [-0.2, 0) is 33.3 Å². The molecule has 2 aliphatic heterocycles. The van der Waals surface area contributed by atoms with Gasteiger partial charge in [-0.1, -0.05) is 38.3 Å². The number of ketones is 2. The van der Waals surface area contributed by atoms with Crippen LogP contribution in [0.1, 0.15) is 110 Å². The van der Waals surface area contributed by atoms with Gasteiger partial charge in [-0.3, -0.25) is 14.4 Å². The standard InChI is InChI=1S/C30H48O8/c1-2-3-4-12-23(37-29-14-7-9-18-35-29)16-17-24-25(20-22(31)11-5-6-13-28(33)34)26(32)21-27(24)38-30-15-8-10-19-36-30/h16-17,23-25,27,29-30H,2-15,18-21H2,1H3,(H,33,34)/t23-,24-,25-,27-,29?,30?/m1/s1. The number of rotatable bonds is 17. The number of ether oxygens (including phenoxy) is 4. The van der Waals surface area contributed by atoms with Crippen LogP contribution in [0.2, 0.25) is 0 Å². The Balaban J connectivity index is 1.68. The largest absolute Gasteiger partial charge is 0.481 e. The minimum absolute atomic E-state index is 0.00746. The lowest BCUT2D eigenvalue weighted by Crippen LogP contribution is -2.31. The molecule has 6 atom stereocenters. The molecule has 0 aromatic heterocycles. The molecule has 3 aliphatic rings. The summed E-state index contributed by atoms with van der Waals surface area (Å²) in [6.45, 7) is 3.57. The smallest absolute Gasteiger partial charge is 0.303 e. The summed E-state index contributed by atoms with van der Waals surface area (Å²) in [6, 6.07) is 0. The van der Waals surface area contributed by atoms with Gasteiger partial charge in [0.1, 0.15) is 11.6 Å². The summed E-state index contributed by atoms with van der Waals surface area (Å²) < 4.78 is 24.3. The highest BCUT2D eigenvalue weighted by atomic mass is 16.7. The van der Waals surface area contributed by atoms with Gasteiger partial charge < -0.3 is 24.1 Å². The molecule has 2 heterocycles. The van der Waals surface area contributed by atoms with Crippen molar-refractivity contribution in [3.63, 3.8) is 0 Å². The van der Waals surface area contributed by atoms with Crippen LogP contribution in [0.5, 0.6) is 0 Å². The van der Waals surface area contributed by atoms with Crippen molar-refractivity contribution in [2.24, 2.45) is 11.8 Å². The van der Waals surface area contributed by atoms with Gasteiger partial charge in [-0.05, 0) is 57.8 Å². The number of carbonyl (C=O) groups excluding carboxylic acids is 2. The zero-order valence-corrected chi connectivity index (χ0v) is 23.2. The number of unbranched alkanes of at least 4 members (excludes halogenated alkanes) is 3. The Morgan fingerprint density at radius 1 is 1.00 bits per heavy atom. The summed E-state index contributed by atoms with van der Waals surface area (Å²) in [5.41, 5.74) is 0. The molecule has 3 fully saturated rings. The average molecular weight is 537 g/mol. The normalized spacial score (nSPS) is 29.1. The lowest BCUT2D eigenvalue weighted by atomic mass is 9.87. The molecule has 1 aliphatic carbocycles. The first-order chi connectivity index (χ1) is 18.5. The zero-order chi connectivity index (χ0) is 27.2. The molecule has 38 heavy (non-hydrogen) atoms.